The SMILES string of the molecule is COC(=O)[C@@H](C)Sc1ccc2nnc(-c3ccc(C)cc3)n2n1. The molecule has 0 aliphatic rings. The number of carbonyl (C=O) groups is 1. The van der Waals surface area contributed by atoms with Gasteiger partial charge in [-0.3, -0.25) is 4.79 Å². The van der Waals surface area contributed by atoms with Gasteiger partial charge in [-0.05, 0) is 26.0 Å². The molecule has 0 N–H and O–H groups in total. The Hall–Kier alpha value is -2.41. The van der Waals surface area contributed by atoms with E-state index in [9.17, 15) is 4.79 Å². The number of methoxy groups -OCH3 is 1. The van der Waals surface area contributed by atoms with E-state index in [1.807, 2.05) is 43.3 Å². The summed E-state index contributed by atoms with van der Waals surface area (Å²) in [6.07, 6.45) is 0. The maximum Gasteiger partial charge on any atom is 0.318 e. The van der Waals surface area contributed by atoms with E-state index in [2.05, 4.69) is 15.3 Å². The molecule has 118 valence electrons. The first kappa shape index (κ1) is 15.5. The smallest absolute Gasteiger partial charge is 0.318 e. The predicted octanol–water partition coefficient (Wildman–Crippen LogP) is 2.75. The Kier molecular flexibility index (Phi) is 4.29. The topological polar surface area (TPSA) is 69.4 Å². The number of esters is 1. The van der Waals surface area contributed by atoms with Gasteiger partial charge < -0.3 is 4.74 Å². The Morgan fingerprint density at radius 3 is 2.61 bits per heavy atom. The van der Waals surface area contributed by atoms with Crippen LogP contribution in [0.2, 0.25) is 0 Å². The maximum absolute atomic E-state index is 11.5. The van der Waals surface area contributed by atoms with E-state index in [0.29, 0.717) is 16.5 Å². The van der Waals surface area contributed by atoms with Crippen LogP contribution in [0.1, 0.15) is 12.5 Å². The third-order valence-electron chi connectivity index (χ3n) is 3.38. The molecule has 2 heterocycles. The number of nitrogens with zero attached hydrogens (tertiary/aromatic N) is 4. The molecule has 0 bridgehead atoms. The van der Waals surface area contributed by atoms with Crippen LogP contribution in [0.25, 0.3) is 17.0 Å². The van der Waals surface area contributed by atoms with Crippen molar-refractivity contribution in [3.05, 3.63) is 42.0 Å². The van der Waals surface area contributed by atoms with Crippen LogP contribution in [-0.4, -0.2) is 38.1 Å². The van der Waals surface area contributed by atoms with Gasteiger partial charge in [0.2, 0.25) is 0 Å². The summed E-state index contributed by atoms with van der Waals surface area (Å²) in [4.78, 5) is 11.5. The number of hydrogen-bond acceptors (Lipinski definition) is 6. The van der Waals surface area contributed by atoms with Crippen molar-refractivity contribution in [1.82, 2.24) is 19.8 Å². The van der Waals surface area contributed by atoms with E-state index in [4.69, 9.17) is 4.74 Å². The Bertz CT molecular complexity index is 845. The van der Waals surface area contributed by atoms with Crippen LogP contribution in [-0.2, 0) is 9.53 Å². The van der Waals surface area contributed by atoms with Crippen molar-refractivity contribution in [2.45, 2.75) is 24.1 Å². The molecule has 1 aromatic carbocycles. The molecule has 23 heavy (non-hydrogen) atoms. The molecule has 0 saturated carbocycles. The molecule has 7 heteroatoms. The molecule has 2 aromatic heterocycles. The lowest BCUT2D eigenvalue weighted by molar-refractivity contribution is -0.139. The van der Waals surface area contributed by atoms with Crippen LogP contribution in [0, 0.1) is 6.92 Å². The van der Waals surface area contributed by atoms with Gasteiger partial charge in [0.15, 0.2) is 11.5 Å². The van der Waals surface area contributed by atoms with E-state index in [1.54, 1.807) is 11.4 Å². The van der Waals surface area contributed by atoms with Crippen molar-refractivity contribution in [1.29, 1.82) is 0 Å². The van der Waals surface area contributed by atoms with Gasteiger partial charge in [0.1, 0.15) is 10.3 Å². The van der Waals surface area contributed by atoms with Gasteiger partial charge in [0, 0.05) is 5.56 Å². The summed E-state index contributed by atoms with van der Waals surface area (Å²) in [5.41, 5.74) is 2.79. The highest BCUT2D eigenvalue weighted by molar-refractivity contribution is 8.00. The van der Waals surface area contributed by atoms with Crippen LogP contribution < -0.4 is 0 Å². The zero-order valence-corrected chi connectivity index (χ0v) is 13.9. The standard InChI is InChI=1S/C16H16N4O2S/c1-10-4-6-12(7-5-10)15-18-17-13-8-9-14(19-20(13)15)23-11(2)16(21)22-3/h4-9,11H,1-3H3/t11-/m1/s1. The van der Waals surface area contributed by atoms with Crippen LogP contribution in [0.4, 0.5) is 0 Å². The van der Waals surface area contributed by atoms with Crippen LogP contribution in [0.5, 0.6) is 0 Å². The second-order valence-corrected chi connectivity index (χ2v) is 6.48. The van der Waals surface area contributed by atoms with Crippen LogP contribution >= 0.6 is 11.8 Å². The summed E-state index contributed by atoms with van der Waals surface area (Å²) in [6, 6.07) is 11.7. The first-order chi connectivity index (χ1) is 11.1. The van der Waals surface area contributed by atoms with E-state index in [0.717, 1.165) is 5.56 Å². The lowest BCUT2D eigenvalue weighted by Gasteiger charge is -2.08. The largest absolute Gasteiger partial charge is 0.468 e. The van der Waals surface area contributed by atoms with Gasteiger partial charge >= 0.3 is 5.97 Å². The third-order valence-corrected chi connectivity index (χ3v) is 4.38. The van der Waals surface area contributed by atoms with Crippen molar-refractivity contribution >= 4 is 23.4 Å². The van der Waals surface area contributed by atoms with Crippen molar-refractivity contribution in [3.63, 3.8) is 0 Å². The lowest BCUT2D eigenvalue weighted by atomic mass is 10.1. The number of carbonyl (C=O) groups excluding carboxylic acids is 1. The minimum absolute atomic E-state index is 0.278. The van der Waals surface area contributed by atoms with Gasteiger partial charge in [0.25, 0.3) is 0 Å². The van der Waals surface area contributed by atoms with Crippen LogP contribution in [0.3, 0.4) is 0 Å². The highest BCUT2D eigenvalue weighted by atomic mass is 32.2. The highest BCUT2D eigenvalue weighted by Crippen LogP contribution is 2.24. The second-order valence-electron chi connectivity index (χ2n) is 5.11. The second kappa shape index (κ2) is 6.37. The third kappa shape index (κ3) is 3.19. The fraction of sp³-hybridized carbons (Fsp3) is 0.250. The average Bonchev–Trinajstić information content (AvgIpc) is 2.98. The molecular weight excluding hydrogens is 312 g/mol. The van der Waals surface area contributed by atoms with Crippen LogP contribution in [0.15, 0.2) is 41.4 Å². The monoisotopic (exact) mass is 328 g/mol. The fourth-order valence-corrected chi connectivity index (χ4v) is 2.94. The van der Waals surface area contributed by atoms with E-state index in [-0.39, 0.29) is 11.2 Å². The van der Waals surface area contributed by atoms with Crippen molar-refractivity contribution < 1.29 is 9.53 Å². The van der Waals surface area contributed by atoms with Gasteiger partial charge in [-0.1, -0.05) is 41.6 Å². The molecule has 1 atom stereocenters. The number of rotatable bonds is 4. The van der Waals surface area contributed by atoms with Gasteiger partial charge in [-0.25, -0.2) is 0 Å². The summed E-state index contributed by atoms with van der Waals surface area (Å²) in [5, 5.41) is 13.3. The minimum atomic E-state index is -0.329. The number of hydrogen-bond donors (Lipinski definition) is 0. The molecule has 0 spiro atoms. The van der Waals surface area contributed by atoms with E-state index in [1.165, 1.54) is 24.4 Å². The van der Waals surface area contributed by atoms with E-state index < -0.39 is 0 Å². The minimum Gasteiger partial charge on any atom is -0.468 e. The Morgan fingerprint density at radius 2 is 1.91 bits per heavy atom. The highest BCUT2D eigenvalue weighted by Gasteiger charge is 2.17. The molecule has 0 amide bonds. The normalized spacial score (nSPS) is 12.3. The number of fused-ring (bicyclic) bond motifs is 1. The Labute approximate surface area is 137 Å². The zero-order valence-electron chi connectivity index (χ0n) is 13.1. The molecule has 6 nitrogen and oxygen atoms in total. The fourth-order valence-electron chi connectivity index (χ4n) is 2.11. The number of aryl methyl sites for hydroxylation is 1. The predicted molar refractivity (Wildman–Crippen MR) is 88.3 cm³/mol. The summed E-state index contributed by atoms with van der Waals surface area (Å²) < 4.78 is 6.43. The lowest BCUT2D eigenvalue weighted by Crippen LogP contribution is -2.15. The summed E-state index contributed by atoms with van der Waals surface area (Å²) >= 11 is 1.34. The molecule has 0 radical (unpaired) electrons. The quantitative estimate of drug-likeness (QED) is 0.542. The Morgan fingerprint density at radius 1 is 1.17 bits per heavy atom. The molecule has 3 aromatic rings. The average molecular weight is 328 g/mol. The van der Waals surface area contributed by atoms with Crippen molar-refractivity contribution in [2.24, 2.45) is 0 Å². The summed E-state index contributed by atoms with van der Waals surface area (Å²) in [6.45, 7) is 3.82. The van der Waals surface area contributed by atoms with Crippen molar-refractivity contribution in [2.75, 3.05) is 7.11 Å². The number of benzene rings is 1. The van der Waals surface area contributed by atoms with Gasteiger partial charge in [-0.2, -0.15) is 9.61 Å². The zero-order chi connectivity index (χ0) is 16.4. The molecule has 3 rings (SSSR count). The number of aromatic nitrogens is 4. The summed E-state index contributed by atoms with van der Waals surface area (Å²) in [5.74, 6) is 0.396. The molecular formula is C16H16N4O2S. The number of ether oxygens (including phenoxy) is 1. The first-order valence-electron chi connectivity index (χ1n) is 7.12. The molecule has 0 unspecified atom stereocenters. The van der Waals surface area contributed by atoms with Crippen molar-refractivity contribution in [3.8, 4) is 11.4 Å². The first-order valence-corrected chi connectivity index (χ1v) is 8.00. The van der Waals surface area contributed by atoms with E-state index >= 15 is 0 Å². The maximum atomic E-state index is 11.5. The molecule has 0 saturated heterocycles. The van der Waals surface area contributed by atoms with Gasteiger partial charge in [-0.15, -0.1) is 10.2 Å². The Balaban J connectivity index is 1.97. The van der Waals surface area contributed by atoms with Gasteiger partial charge in [0.05, 0.1) is 7.11 Å². The molecule has 0 aliphatic heterocycles. The number of thioether (sulfide) groups is 1. The molecule has 0 fully saturated rings. The molecule has 0 aliphatic carbocycles. The summed E-state index contributed by atoms with van der Waals surface area (Å²) in [7, 11) is 1.38.